The van der Waals surface area contributed by atoms with E-state index < -0.39 is 5.72 Å². The first kappa shape index (κ1) is 16.2. The van der Waals surface area contributed by atoms with Gasteiger partial charge in [-0.1, -0.05) is 49.4 Å². The van der Waals surface area contributed by atoms with Crippen LogP contribution in [0, 0.1) is 0 Å². The number of methoxy groups -OCH3 is 1. The van der Waals surface area contributed by atoms with Crippen LogP contribution in [0.4, 0.5) is 0 Å². The predicted octanol–water partition coefficient (Wildman–Crippen LogP) is 3.15. The summed E-state index contributed by atoms with van der Waals surface area (Å²) in [6, 6.07) is 16.1. The number of ether oxygens (including phenoxy) is 1. The maximum atomic E-state index is 13.1. The zero-order chi connectivity index (χ0) is 17.2. The van der Waals surface area contributed by atoms with Crippen molar-refractivity contribution in [1.82, 2.24) is 5.01 Å². The molecule has 2 aromatic carbocycles. The average molecular weight is 324 g/mol. The third-order valence-electron chi connectivity index (χ3n) is 4.22. The smallest absolute Gasteiger partial charge is 0.280 e. The molecule has 1 atom stereocenters. The molecule has 0 fully saturated rings. The summed E-state index contributed by atoms with van der Waals surface area (Å²) in [6.07, 6.45) is 0.971. The molecule has 0 saturated carbocycles. The summed E-state index contributed by atoms with van der Waals surface area (Å²) in [5, 5.41) is 16.8. The van der Waals surface area contributed by atoms with Crippen molar-refractivity contribution < 1.29 is 14.6 Å². The number of rotatable bonds is 4. The van der Waals surface area contributed by atoms with Crippen molar-refractivity contribution in [3.63, 3.8) is 0 Å². The standard InChI is InChI=1S/C19H20N2O3/c1-3-15-13-19(23,14-9-5-4-6-10-14)21(20-15)18(22)16-11-7-8-12-17(16)24-2/h4-12,23H,3,13H2,1-2H3/t19-/m0/s1. The second-order valence-electron chi connectivity index (χ2n) is 5.70. The molecular formula is C19H20N2O3. The summed E-state index contributed by atoms with van der Waals surface area (Å²) >= 11 is 0. The van der Waals surface area contributed by atoms with Crippen LogP contribution in [0.5, 0.6) is 5.75 Å². The molecule has 5 nitrogen and oxygen atoms in total. The van der Waals surface area contributed by atoms with Crippen LogP contribution in [0.2, 0.25) is 0 Å². The Bertz CT molecular complexity index is 773. The molecule has 1 heterocycles. The van der Waals surface area contributed by atoms with Crippen molar-refractivity contribution in [3.8, 4) is 5.75 Å². The number of carbonyl (C=O) groups excluding carboxylic acids is 1. The third-order valence-corrected chi connectivity index (χ3v) is 4.22. The van der Waals surface area contributed by atoms with E-state index in [0.29, 0.717) is 29.7 Å². The molecule has 2 aromatic rings. The Labute approximate surface area is 141 Å². The highest BCUT2D eigenvalue weighted by Gasteiger charge is 2.46. The van der Waals surface area contributed by atoms with Gasteiger partial charge in [0.05, 0.1) is 12.7 Å². The molecule has 3 rings (SSSR count). The van der Waals surface area contributed by atoms with Crippen LogP contribution in [0.3, 0.4) is 0 Å². The van der Waals surface area contributed by atoms with Gasteiger partial charge in [-0.25, -0.2) is 0 Å². The fourth-order valence-corrected chi connectivity index (χ4v) is 2.89. The molecule has 1 amide bonds. The van der Waals surface area contributed by atoms with Gasteiger partial charge in [0, 0.05) is 17.7 Å². The van der Waals surface area contributed by atoms with Crippen LogP contribution in [0.15, 0.2) is 59.7 Å². The van der Waals surface area contributed by atoms with Crippen LogP contribution in [0.1, 0.15) is 35.7 Å². The molecular weight excluding hydrogens is 304 g/mol. The summed E-state index contributed by atoms with van der Waals surface area (Å²) in [6.45, 7) is 1.96. The summed E-state index contributed by atoms with van der Waals surface area (Å²) < 4.78 is 5.28. The molecule has 0 saturated heterocycles. The van der Waals surface area contributed by atoms with Gasteiger partial charge >= 0.3 is 0 Å². The van der Waals surface area contributed by atoms with E-state index in [9.17, 15) is 9.90 Å². The number of carbonyl (C=O) groups is 1. The number of aliphatic hydroxyl groups is 1. The number of benzene rings is 2. The molecule has 0 spiro atoms. The van der Waals surface area contributed by atoms with Gasteiger partial charge < -0.3 is 9.84 Å². The minimum Gasteiger partial charge on any atom is -0.496 e. The minimum absolute atomic E-state index is 0.300. The van der Waals surface area contributed by atoms with Crippen LogP contribution in [-0.2, 0) is 5.72 Å². The number of hydrogen-bond donors (Lipinski definition) is 1. The Balaban J connectivity index is 2.05. The summed E-state index contributed by atoms with van der Waals surface area (Å²) in [7, 11) is 1.51. The lowest BCUT2D eigenvalue weighted by Gasteiger charge is -2.31. The third kappa shape index (κ3) is 2.67. The van der Waals surface area contributed by atoms with Crippen molar-refractivity contribution >= 4 is 11.6 Å². The van der Waals surface area contributed by atoms with E-state index in [-0.39, 0.29) is 5.91 Å². The molecule has 1 aliphatic rings. The number of nitrogens with zero attached hydrogens (tertiary/aromatic N) is 2. The van der Waals surface area contributed by atoms with Gasteiger partial charge in [0.1, 0.15) is 5.75 Å². The fourth-order valence-electron chi connectivity index (χ4n) is 2.89. The molecule has 124 valence electrons. The van der Waals surface area contributed by atoms with E-state index in [1.54, 1.807) is 36.4 Å². The van der Waals surface area contributed by atoms with Gasteiger partial charge in [0.25, 0.3) is 5.91 Å². The topological polar surface area (TPSA) is 62.1 Å². The first-order chi connectivity index (χ1) is 11.6. The number of para-hydroxylation sites is 1. The Morgan fingerprint density at radius 2 is 1.88 bits per heavy atom. The Hall–Kier alpha value is -2.66. The zero-order valence-electron chi connectivity index (χ0n) is 13.8. The van der Waals surface area contributed by atoms with E-state index in [1.807, 2.05) is 25.1 Å². The Morgan fingerprint density at radius 3 is 2.54 bits per heavy atom. The lowest BCUT2D eigenvalue weighted by molar-refractivity contribution is -0.0766. The molecule has 24 heavy (non-hydrogen) atoms. The lowest BCUT2D eigenvalue weighted by atomic mass is 9.96. The van der Waals surface area contributed by atoms with E-state index in [4.69, 9.17) is 4.74 Å². The summed E-state index contributed by atoms with van der Waals surface area (Å²) in [5.41, 5.74) is 0.311. The molecule has 0 unspecified atom stereocenters. The van der Waals surface area contributed by atoms with Crippen molar-refractivity contribution in [2.75, 3.05) is 7.11 Å². The van der Waals surface area contributed by atoms with Crippen molar-refractivity contribution in [2.24, 2.45) is 5.10 Å². The SMILES string of the molecule is CCC1=NN(C(=O)c2ccccc2OC)[C@@](O)(c2ccccc2)C1. The molecule has 1 aliphatic heterocycles. The second-order valence-corrected chi connectivity index (χ2v) is 5.70. The van der Waals surface area contributed by atoms with Gasteiger partial charge in [0.2, 0.25) is 0 Å². The van der Waals surface area contributed by atoms with Crippen LogP contribution in [0.25, 0.3) is 0 Å². The van der Waals surface area contributed by atoms with Gasteiger partial charge in [-0.2, -0.15) is 10.1 Å². The lowest BCUT2D eigenvalue weighted by Crippen LogP contribution is -2.43. The quantitative estimate of drug-likeness (QED) is 0.940. The average Bonchev–Trinajstić information content (AvgIpc) is 3.00. The maximum Gasteiger partial charge on any atom is 0.280 e. The van der Waals surface area contributed by atoms with Crippen LogP contribution >= 0.6 is 0 Å². The molecule has 1 N–H and O–H groups in total. The van der Waals surface area contributed by atoms with E-state index in [0.717, 1.165) is 5.71 Å². The second kappa shape index (κ2) is 6.45. The first-order valence-electron chi connectivity index (χ1n) is 7.92. The summed E-state index contributed by atoms with van der Waals surface area (Å²) in [5.74, 6) is 0.0697. The Kier molecular flexibility index (Phi) is 4.36. The Morgan fingerprint density at radius 1 is 1.21 bits per heavy atom. The number of hydrogen-bond acceptors (Lipinski definition) is 4. The molecule has 0 aliphatic carbocycles. The minimum atomic E-state index is -1.48. The van der Waals surface area contributed by atoms with Crippen LogP contribution in [-0.4, -0.2) is 28.8 Å². The van der Waals surface area contributed by atoms with Crippen LogP contribution < -0.4 is 4.74 Å². The van der Waals surface area contributed by atoms with Gasteiger partial charge in [0.15, 0.2) is 5.72 Å². The van der Waals surface area contributed by atoms with E-state index >= 15 is 0 Å². The molecule has 5 heteroatoms. The van der Waals surface area contributed by atoms with Gasteiger partial charge in [-0.05, 0) is 18.6 Å². The maximum absolute atomic E-state index is 13.1. The van der Waals surface area contributed by atoms with Gasteiger partial charge in [-0.15, -0.1) is 0 Å². The first-order valence-corrected chi connectivity index (χ1v) is 7.92. The summed E-state index contributed by atoms with van der Waals surface area (Å²) in [4.78, 5) is 13.1. The normalized spacial score (nSPS) is 20.0. The van der Waals surface area contributed by atoms with Gasteiger partial charge in [-0.3, -0.25) is 4.79 Å². The largest absolute Gasteiger partial charge is 0.496 e. The van der Waals surface area contributed by atoms with E-state index in [2.05, 4.69) is 5.10 Å². The van der Waals surface area contributed by atoms with Crippen molar-refractivity contribution in [2.45, 2.75) is 25.5 Å². The molecule has 0 radical (unpaired) electrons. The zero-order valence-corrected chi connectivity index (χ0v) is 13.8. The van der Waals surface area contributed by atoms with Crippen molar-refractivity contribution in [1.29, 1.82) is 0 Å². The molecule has 0 aromatic heterocycles. The highest BCUT2D eigenvalue weighted by molar-refractivity contribution is 6.00. The molecule has 0 bridgehead atoms. The number of hydrazone groups is 1. The van der Waals surface area contributed by atoms with Crippen molar-refractivity contribution in [3.05, 3.63) is 65.7 Å². The predicted molar refractivity (Wildman–Crippen MR) is 91.8 cm³/mol. The highest BCUT2D eigenvalue weighted by Crippen LogP contribution is 2.37. The number of amides is 1. The van der Waals surface area contributed by atoms with E-state index in [1.165, 1.54) is 12.1 Å². The monoisotopic (exact) mass is 324 g/mol. The highest BCUT2D eigenvalue weighted by atomic mass is 16.5. The fraction of sp³-hybridized carbons (Fsp3) is 0.263.